The van der Waals surface area contributed by atoms with Crippen LogP contribution in [0.3, 0.4) is 0 Å². The van der Waals surface area contributed by atoms with Gasteiger partial charge in [0, 0.05) is 18.2 Å². The van der Waals surface area contributed by atoms with Crippen LogP contribution in [0.5, 0.6) is 0 Å². The van der Waals surface area contributed by atoms with E-state index in [1.54, 1.807) is 24.4 Å². The Morgan fingerprint density at radius 2 is 1.90 bits per heavy atom. The van der Waals surface area contributed by atoms with Gasteiger partial charge in [-0.25, -0.2) is 14.4 Å². The average molecular weight is 416 g/mol. The third-order valence-electron chi connectivity index (χ3n) is 5.06. The van der Waals surface area contributed by atoms with Crippen molar-refractivity contribution in [3.63, 3.8) is 0 Å². The highest BCUT2D eigenvalue weighted by atomic mass is 19.1. The molecule has 4 rings (SSSR count). The van der Waals surface area contributed by atoms with Gasteiger partial charge in [-0.15, -0.1) is 0 Å². The number of benzene rings is 1. The van der Waals surface area contributed by atoms with Crippen LogP contribution in [0, 0.1) is 5.82 Å². The molecule has 2 fully saturated rings. The van der Waals surface area contributed by atoms with Crippen LogP contribution in [0.15, 0.2) is 36.5 Å². The van der Waals surface area contributed by atoms with Gasteiger partial charge in [0.15, 0.2) is 0 Å². The molecule has 30 heavy (non-hydrogen) atoms. The minimum absolute atomic E-state index is 0.0917. The normalized spacial score (nSPS) is 25.0. The Morgan fingerprint density at radius 1 is 1.13 bits per heavy atom. The quantitative estimate of drug-likeness (QED) is 0.616. The first-order valence-electron chi connectivity index (χ1n) is 9.59. The van der Waals surface area contributed by atoms with E-state index in [2.05, 4.69) is 20.6 Å². The Labute approximate surface area is 171 Å². The Balaban J connectivity index is 1.38. The molecule has 0 aliphatic carbocycles. The number of hydrogen-bond donors (Lipinski definition) is 3. The maximum atomic E-state index is 13.5. The zero-order valence-electron chi connectivity index (χ0n) is 16.0. The fourth-order valence-electron chi connectivity index (χ4n) is 3.65. The van der Waals surface area contributed by atoms with Gasteiger partial charge < -0.3 is 25.2 Å². The molecule has 2 saturated heterocycles. The smallest absolute Gasteiger partial charge is 0.303 e. The third-order valence-corrected chi connectivity index (χ3v) is 5.06. The maximum absolute atomic E-state index is 13.5. The summed E-state index contributed by atoms with van der Waals surface area (Å²) >= 11 is 0. The van der Waals surface area contributed by atoms with Crippen LogP contribution in [-0.4, -0.2) is 64.5 Å². The first kappa shape index (κ1) is 20.2. The molecule has 0 bridgehead atoms. The van der Waals surface area contributed by atoms with Crippen molar-refractivity contribution in [3.8, 4) is 11.3 Å². The lowest BCUT2D eigenvalue weighted by atomic mass is 10.1. The molecule has 1 aromatic heterocycles. The number of amides is 1. The van der Waals surface area contributed by atoms with Gasteiger partial charge in [-0.2, -0.15) is 0 Å². The molecule has 1 amide bonds. The van der Waals surface area contributed by atoms with Gasteiger partial charge in [-0.3, -0.25) is 9.59 Å². The number of carbonyl (C=O) groups excluding carboxylic acids is 1. The fraction of sp³-hybridized carbons (Fsp3) is 0.400. The molecule has 0 radical (unpaired) electrons. The van der Waals surface area contributed by atoms with E-state index < -0.39 is 5.97 Å². The van der Waals surface area contributed by atoms with Crippen LogP contribution in [0.1, 0.15) is 12.8 Å². The van der Waals surface area contributed by atoms with Gasteiger partial charge >= 0.3 is 5.97 Å². The molecule has 2 aliphatic heterocycles. The van der Waals surface area contributed by atoms with Gasteiger partial charge in [0.05, 0.1) is 37.4 Å². The Hall–Kier alpha value is -3.11. The molecule has 0 spiro atoms. The Morgan fingerprint density at radius 3 is 2.67 bits per heavy atom. The van der Waals surface area contributed by atoms with Gasteiger partial charge in [-0.05, 0) is 18.2 Å². The fourth-order valence-corrected chi connectivity index (χ4v) is 3.65. The zero-order valence-corrected chi connectivity index (χ0v) is 16.0. The zero-order chi connectivity index (χ0) is 21.1. The molecule has 0 saturated carbocycles. The second kappa shape index (κ2) is 8.72. The molecular formula is C20H21FN4O5. The van der Waals surface area contributed by atoms with Crippen molar-refractivity contribution in [2.24, 2.45) is 0 Å². The maximum Gasteiger partial charge on any atom is 0.303 e. The van der Waals surface area contributed by atoms with Gasteiger partial charge in [0.2, 0.25) is 11.9 Å². The van der Waals surface area contributed by atoms with Gasteiger partial charge in [0.25, 0.3) is 0 Å². The number of anilines is 1. The van der Waals surface area contributed by atoms with Crippen molar-refractivity contribution < 1.29 is 28.6 Å². The summed E-state index contributed by atoms with van der Waals surface area (Å²) in [5, 5.41) is 14.7. The van der Waals surface area contributed by atoms with E-state index in [-0.39, 0.29) is 55.5 Å². The van der Waals surface area contributed by atoms with E-state index in [0.29, 0.717) is 23.8 Å². The number of nitrogens with one attached hydrogen (secondary N) is 2. The monoisotopic (exact) mass is 416 g/mol. The van der Waals surface area contributed by atoms with Crippen LogP contribution in [0.4, 0.5) is 10.3 Å². The number of halogens is 1. The summed E-state index contributed by atoms with van der Waals surface area (Å²) in [4.78, 5) is 31.2. The van der Waals surface area contributed by atoms with Crippen molar-refractivity contribution >= 4 is 17.8 Å². The lowest BCUT2D eigenvalue weighted by Crippen LogP contribution is -2.44. The molecule has 9 nitrogen and oxygen atoms in total. The van der Waals surface area contributed by atoms with Crippen molar-refractivity contribution in [2.75, 3.05) is 18.5 Å². The first-order valence-corrected chi connectivity index (χ1v) is 9.59. The molecule has 10 heteroatoms. The molecule has 3 N–H and O–H groups in total. The van der Waals surface area contributed by atoms with E-state index in [1.807, 2.05) is 0 Å². The van der Waals surface area contributed by atoms with Crippen molar-refractivity contribution in [1.82, 2.24) is 15.3 Å². The van der Waals surface area contributed by atoms with E-state index >= 15 is 0 Å². The third kappa shape index (κ3) is 4.55. The summed E-state index contributed by atoms with van der Waals surface area (Å²) in [5.74, 6) is -1.35. The molecule has 3 heterocycles. The van der Waals surface area contributed by atoms with E-state index in [0.717, 1.165) is 0 Å². The number of carboxylic acids is 1. The average Bonchev–Trinajstić information content (AvgIpc) is 3.30. The number of nitrogens with zero attached hydrogens (tertiary/aromatic N) is 2. The predicted octanol–water partition coefficient (Wildman–Crippen LogP) is 1.21. The number of rotatable bonds is 7. The minimum atomic E-state index is -1.02. The van der Waals surface area contributed by atoms with Crippen LogP contribution < -0.4 is 10.6 Å². The van der Waals surface area contributed by atoms with Crippen molar-refractivity contribution in [3.05, 3.63) is 42.3 Å². The van der Waals surface area contributed by atoms with Crippen molar-refractivity contribution in [1.29, 1.82) is 0 Å². The van der Waals surface area contributed by atoms with Crippen LogP contribution in [0.25, 0.3) is 11.3 Å². The largest absolute Gasteiger partial charge is 0.481 e. The van der Waals surface area contributed by atoms with Crippen LogP contribution >= 0.6 is 0 Å². The summed E-state index contributed by atoms with van der Waals surface area (Å²) < 4.78 is 25.1. The number of carbonyl (C=O) groups is 2. The lowest BCUT2D eigenvalue weighted by molar-refractivity contribution is -0.139. The summed E-state index contributed by atoms with van der Waals surface area (Å²) in [7, 11) is 0. The van der Waals surface area contributed by atoms with Crippen LogP contribution in [-0.2, 0) is 19.1 Å². The number of aromatic nitrogens is 2. The second-order valence-corrected chi connectivity index (χ2v) is 7.19. The number of carboxylic acid groups (broad SMARTS) is 1. The number of hydrogen-bond acceptors (Lipinski definition) is 7. The van der Waals surface area contributed by atoms with Crippen molar-refractivity contribution in [2.45, 2.75) is 37.1 Å². The Bertz CT molecular complexity index is 943. The first-order chi connectivity index (χ1) is 14.5. The highest BCUT2D eigenvalue weighted by molar-refractivity contribution is 5.80. The summed E-state index contributed by atoms with van der Waals surface area (Å²) in [6.07, 6.45) is 0.617. The standard InChI is InChI=1S/C20H21FN4O5/c21-12-3-1-2-11(8-12)13-6-7-22-20(24-13)25-15-10-30-18-14(9-29-19(15)18)23-16(26)4-5-17(27)28/h1-3,6-8,14-15,18-19H,4-5,9-10H2,(H,23,26)(H,27,28)(H,22,24,25). The predicted molar refractivity (Wildman–Crippen MR) is 103 cm³/mol. The van der Waals surface area contributed by atoms with Gasteiger partial charge in [0.1, 0.15) is 18.0 Å². The highest BCUT2D eigenvalue weighted by Crippen LogP contribution is 2.29. The molecule has 1 aromatic carbocycles. The van der Waals surface area contributed by atoms with E-state index in [4.69, 9.17) is 14.6 Å². The molecule has 4 atom stereocenters. The minimum Gasteiger partial charge on any atom is -0.481 e. The highest BCUT2D eigenvalue weighted by Gasteiger charge is 2.48. The molecule has 4 unspecified atom stereocenters. The lowest BCUT2D eigenvalue weighted by Gasteiger charge is -2.18. The van der Waals surface area contributed by atoms with Crippen LogP contribution in [0.2, 0.25) is 0 Å². The summed E-state index contributed by atoms with van der Waals surface area (Å²) in [5.41, 5.74) is 1.22. The Kier molecular flexibility index (Phi) is 5.86. The molecule has 158 valence electrons. The second-order valence-electron chi connectivity index (χ2n) is 7.19. The summed E-state index contributed by atoms with van der Waals surface area (Å²) in [6.45, 7) is 0.612. The molecular weight excluding hydrogens is 395 g/mol. The molecule has 2 aromatic rings. The molecule has 2 aliphatic rings. The number of ether oxygens (including phenoxy) is 2. The SMILES string of the molecule is O=C(O)CCC(=O)NC1COC2C(Nc3nccc(-c4cccc(F)c4)n3)COC12. The van der Waals surface area contributed by atoms with E-state index in [1.165, 1.54) is 12.1 Å². The van der Waals surface area contributed by atoms with E-state index in [9.17, 15) is 14.0 Å². The summed E-state index contributed by atoms with van der Waals surface area (Å²) in [6, 6.07) is 7.28. The topological polar surface area (TPSA) is 123 Å². The van der Waals surface area contributed by atoms with Gasteiger partial charge in [-0.1, -0.05) is 12.1 Å². The number of fused-ring (bicyclic) bond motifs is 1. The number of aliphatic carboxylic acids is 1.